The Balaban J connectivity index is 1.52. The molecule has 9 heteroatoms. The lowest BCUT2D eigenvalue weighted by Crippen LogP contribution is -2.40. The van der Waals surface area contributed by atoms with E-state index < -0.39 is 10.0 Å². The van der Waals surface area contributed by atoms with Crippen LogP contribution in [0.25, 0.3) is 0 Å². The molecule has 0 bridgehead atoms. The quantitative estimate of drug-likeness (QED) is 0.689. The molecule has 3 rings (SSSR count). The van der Waals surface area contributed by atoms with Crippen LogP contribution in [0, 0.1) is 19.8 Å². The summed E-state index contributed by atoms with van der Waals surface area (Å²) < 4.78 is 27.7. The molecule has 0 saturated carbocycles. The molecule has 8 nitrogen and oxygen atoms in total. The van der Waals surface area contributed by atoms with Crippen molar-refractivity contribution in [1.29, 1.82) is 0 Å². The molecule has 1 atom stereocenters. The number of aromatic nitrogens is 3. The molecule has 30 heavy (non-hydrogen) atoms. The normalized spacial score (nSPS) is 17.8. The maximum absolute atomic E-state index is 13.1. The molecular formula is C21H31N5O3S. The van der Waals surface area contributed by atoms with Gasteiger partial charge in [0.15, 0.2) is 0 Å². The minimum atomic E-state index is -3.57. The van der Waals surface area contributed by atoms with E-state index in [-0.39, 0.29) is 16.7 Å². The van der Waals surface area contributed by atoms with Crippen molar-refractivity contribution < 1.29 is 13.2 Å². The first-order valence-electron chi connectivity index (χ1n) is 10.4. The van der Waals surface area contributed by atoms with E-state index >= 15 is 0 Å². The molecule has 1 amide bonds. The molecule has 1 N–H and O–H groups in total. The van der Waals surface area contributed by atoms with Crippen molar-refractivity contribution in [3.8, 4) is 0 Å². The van der Waals surface area contributed by atoms with Crippen molar-refractivity contribution in [2.45, 2.75) is 50.8 Å². The second-order valence-corrected chi connectivity index (χ2v) is 9.93. The summed E-state index contributed by atoms with van der Waals surface area (Å²) in [6, 6.07) is 5.78. The zero-order valence-electron chi connectivity index (χ0n) is 18.0. The highest BCUT2D eigenvalue weighted by atomic mass is 32.2. The highest BCUT2D eigenvalue weighted by molar-refractivity contribution is 7.89. The van der Waals surface area contributed by atoms with Crippen LogP contribution >= 0.6 is 0 Å². The first kappa shape index (κ1) is 22.4. The van der Waals surface area contributed by atoms with Gasteiger partial charge in [0.2, 0.25) is 15.9 Å². The Labute approximate surface area is 178 Å². The Morgan fingerprint density at radius 3 is 2.80 bits per heavy atom. The van der Waals surface area contributed by atoms with E-state index in [0.29, 0.717) is 43.9 Å². The van der Waals surface area contributed by atoms with Crippen molar-refractivity contribution in [2.75, 3.05) is 26.7 Å². The Morgan fingerprint density at radius 1 is 1.33 bits per heavy atom. The van der Waals surface area contributed by atoms with E-state index in [1.807, 2.05) is 25.2 Å². The van der Waals surface area contributed by atoms with Gasteiger partial charge in [0.1, 0.15) is 4.90 Å². The Bertz CT molecular complexity index is 939. The second-order valence-electron chi connectivity index (χ2n) is 8.06. The van der Waals surface area contributed by atoms with Gasteiger partial charge in [-0.3, -0.25) is 14.9 Å². The number of likely N-dealkylation sites (N-methyl/N-ethyl adjacent to an activating group) is 1. The van der Waals surface area contributed by atoms with Crippen molar-refractivity contribution in [1.82, 2.24) is 24.4 Å². The lowest BCUT2D eigenvalue weighted by Gasteiger charge is -2.32. The van der Waals surface area contributed by atoms with Crippen molar-refractivity contribution in [3.63, 3.8) is 0 Å². The van der Waals surface area contributed by atoms with Gasteiger partial charge in [-0.2, -0.15) is 9.40 Å². The molecule has 1 aliphatic rings. The van der Waals surface area contributed by atoms with Gasteiger partial charge in [-0.25, -0.2) is 8.42 Å². The molecular weight excluding hydrogens is 402 g/mol. The highest BCUT2D eigenvalue weighted by Crippen LogP contribution is 2.28. The number of rotatable bonds is 8. The van der Waals surface area contributed by atoms with Gasteiger partial charge < -0.3 is 4.90 Å². The number of nitrogens with zero attached hydrogens (tertiary/aromatic N) is 4. The predicted octanol–water partition coefficient (Wildman–Crippen LogP) is 2.30. The van der Waals surface area contributed by atoms with E-state index in [1.54, 1.807) is 29.2 Å². The summed E-state index contributed by atoms with van der Waals surface area (Å²) in [5.41, 5.74) is 2.04. The van der Waals surface area contributed by atoms with Crippen molar-refractivity contribution >= 4 is 15.9 Å². The first-order valence-corrected chi connectivity index (χ1v) is 11.9. The van der Waals surface area contributed by atoms with Crippen LogP contribution in [0.5, 0.6) is 0 Å². The van der Waals surface area contributed by atoms with Crippen molar-refractivity contribution in [2.24, 2.45) is 5.92 Å². The van der Waals surface area contributed by atoms with Gasteiger partial charge in [-0.1, -0.05) is 6.07 Å². The smallest absolute Gasteiger partial charge is 0.246 e. The number of aromatic amines is 1. The first-order chi connectivity index (χ1) is 14.3. The monoisotopic (exact) mass is 433 g/mol. The fraction of sp³-hybridized carbons (Fsp3) is 0.571. The molecule has 1 unspecified atom stereocenters. The summed E-state index contributed by atoms with van der Waals surface area (Å²) in [7, 11) is -1.76. The molecule has 0 aromatic carbocycles. The molecule has 2 aromatic heterocycles. The Morgan fingerprint density at radius 2 is 2.13 bits per heavy atom. The standard InChI is InChI=1S/C21H31N5O3S/c1-16-21(17(2)24-23-16)30(28,29)26-13-6-7-18(15-26)9-10-20(27)25(3)14-11-19-8-4-5-12-22-19/h4-5,8,12,18H,6-7,9-11,13-15H2,1-3H3,(H,23,24). The van der Waals surface area contributed by atoms with Crippen LogP contribution in [0.3, 0.4) is 0 Å². The molecule has 2 aromatic rings. The van der Waals surface area contributed by atoms with E-state index in [0.717, 1.165) is 25.0 Å². The number of amides is 1. The fourth-order valence-corrected chi connectivity index (χ4v) is 5.89. The topological polar surface area (TPSA) is 99.3 Å². The fourth-order valence-electron chi connectivity index (χ4n) is 4.00. The molecule has 0 aliphatic carbocycles. The van der Waals surface area contributed by atoms with E-state index in [1.165, 1.54) is 0 Å². The lowest BCUT2D eigenvalue weighted by atomic mass is 9.94. The number of nitrogens with one attached hydrogen (secondary N) is 1. The van der Waals surface area contributed by atoms with Crippen LogP contribution < -0.4 is 0 Å². The summed E-state index contributed by atoms with van der Waals surface area (Å²) >= 11 is 0. The molecule has 1 fully saturated rings. The predicted molar refractivity (Wildman–Crippen MR) is 114 cm³/mol. The zero-order chi connectivity index (χ0) is 21.7. The summed E-state index contributed by atoms with van der Waals surface area (Å²) in [5.74, 6) is 0.279. The van der Waals surface area contributed by atoms with Gasteiger partial charge in [0.25, 0.3) is 0 Å². The largest absolute Gasteiger partial charge is 0.345 e. The Hall–Kier alpha value is -2.26. The van der Waals surface area contributed by atoms with Crippen LogP contribution in [0.15, 0.2) is 29.3 Å². The highest BCUT2D eigenvalue weighted by Gasteiger charge is 2.33. The number of carbonyl (C=O) groups excluding carboxylic acids is 1. The summed E-state index contributed by atoms with van der Waals surface area (Å²) in [6.45, 7) is 5.03. The van der Waals surface area contributed by atoms with E-state index in [4.69, 9.17) is 0 Å². The third kappa shape index (κ3) is 5.26. The summed E-state index contributed by atoms with van der Waals surface area (Å²) in [4.78, 5) is 18.8. The van der Waals surface area contributed by atoms with Crippen LogP contribution in [-0.2, 0) is 21.2 Å². The van der Waals surface area contributed by atoms with Crippen LogP contribution in [0.2, 0.25) is 0 Å². The number of hydrogen-bond acceptors (Lipinski definition) is 5. The number of carbonyl (C=O) groups is 1. The van der Waals surface area contributed by atoms with Crippen LogP contribution in [-0.4, -0.2) is 65.4 Å². The lowest BCUT2D eigenvalue weighted by molar-refractivity contribution is -0.130. The maximum Gasteiger partial charge on any atom is 0.246 e. The minimum Gasteiger partial charge on any atom is -0.345 e. The average Bonchev–Trinajstić information content (AvgIpc) is 3.10. The average molecular weight is 434 g/mol. The molecule has 3 heterocycles. The molecule has 0 radical (unpaired) electrons. The van der Waals surface area contributed by atoms with Gasteiger partial charge in [-0.15, -0.1) is 0 Å². The molecule has 164 valence electrons. The third-order valence-corrected chi connectivity index (χ3v) is 7.89. The maximum atomic E-state index is 13.1. The molecule has 1 aliphatic heterocycles. The van der Waals surface area contributed by atoms with Gasteiger partial charge in [0.05, 0.1) is 11.4 Å². The minimum absolute atomic E-state index is 0.0902. The van der Waals surface area contributed by atoms with E-state index in [9.17, 15) is 13.2 Å². The van der Waals surface area contributed by atoms with Gasteiger partial charge in [-0.05, 0) is 51.2 Å². The molecule has 1 saturated heterocycles. The summed E-state index contributed by atoms with van der Waals surface area (Å²) in [6.07, 6.45) is 5.36. The SMILES string of the molecule is Cc1n[nH]c(C)c1S(=O)(=O)N1CCCC(CCC(=O)N(C)CCc2ccccn2)C1. The number of pyridine rings is 1. The van der Waals surface area contributed by atoms with E-state index in [2.05, 4.69) is 15.2 Å². The van der Waals surface area contributed by atoms with Gasteiger partial charge in [0, 0.05) is 51.4 Å². The Kier molecular flexibility index (Phi) is 7.25. The number of piperidine rings is 1. The number of sulfonamides is 1. The van der Waals surface area contributed by atoms with Crippen LogP contribution in [0.4, 0.5) is 0 Å². The number of hydrogen-bond donors (Lipinski definition) is 1. The number of aryl methyl sites for hydroxylation is 2. The third-order valence-electron chi connectivity index (χ3n) is 5.76. The van der Waals surface area contributed by atoms with Crippen molar-refractivity contribution in [3.05, 3.63) is 41.5 Å². The summed E-state index contributed by atoms with van der Waals surface area (Å²) in [5, 5.41) is 6.79. The van der Waals surface area contributed by atoms with Crippen LogP contribution in [0.1, 0.15) is 42.8 Å². The second kappa shape index (κ2) is 9.70. The van der Waals surface area contributed by atoms with Gasteiger partial charge >= 0.3 is 0 Å². The number of H-pyrrole nitrogens is 1. The molecule has 0 spiro atoms. The zero-order valence-corrected chi connectivity index (χ0v) is 18.8.